The molecular formula is C21H9Cl3. The maximum Gasteiger partial charge on any atom is 0.0450 e. The Kier molecular flexibility index (Phi) is 1.98. The van der Waals surface area contributed by atoms with Crippen LogP contribution in [-0.2, 0) is 19.3 Å². The second kappa shape index (κ2) is 3.70. The number of hydrogen-bond acceptors (Lipinski definition) is 0. The molecule has 3 aliphatic carbocycles. The molecule has 4 aromatic rings. The lowest BCUT2D eigenvalue weighted by molar-refractivity contribution is 1.24. The lowest BCUT2D eigenvalue weighted by Crippen LogP contribution is -1.87. The van der Waals surface area contributed by atoms with Crippen molar-refractivity contribution in [2.75, 3.05) is 0 Å². The van der Waals surface area contributed by atoms with Crippen LogP contribution in [0.4, 0.5) is 0 Å². The standard InChI is InChI=1S/C21H9Cl3/c22-13-3-7-1-8-4-14(23)11-6-12-15(24)5-9-2-10(13)19-16(7)17(8)20(11)21(12)18(9)19/h3-5H,1-2,6H2. The SMILES string of the molecule is Clc1cc2c3c4c(cc(Cl)c5c4c4c(c(Cl)cc6c4c3c1C6)C5)C2. The van der Waals surface area contributed by atoms with Gasteiger partial charge in [-0.3, -0.25) is 0 Å². The van der Waals surface area contributed by atoms with Crippen LogP contribution >= 0.6 is 34.8 Å². The predicted molar refractivity (Wildman–Crippen MR) is 102 cm³/mol. The molecule has 114 valence electrons. The van der Waals surface area contributed by atoms with Crippen LogP contribution in [0.3, 0.4) is 0 Å². The number of rotatable bonds is 0. The van der Waals surface area contributed by atoms with Crippen LogP contribution in [0.25, 0.3) is 32.3 Å². The van der Waals surface area contributed by atoms with Gasteiger partial charge in [-0.2, -0.15) is 0 Å². The Bertz CT molecular complexity index is 1350. The average Bonchev–Trinajstić information content (AvgIpc) is 3.18. The fourth-order valence-corrected chi connectivity index (χ4v) is 6.30. The van der Waals surface area contributed by atoms with E-state index in [9.17, 15) is 0 Å². The molecule has 0 heterocycles. The van der Waals surface area contributed by atoms with E-state index in [-0.39, 0.29) is 0 Å². The van der Waals surface area contributed by atoms with Crippen molar-refractivity contribution in [2.24, 2.45) is 0 Å². The summed E-state index contributed by atoms with van der Waals surface area (Å²) in [6.45, 7) is 0. The van der Waals surface area contributed by atoms with Gasteiger partial charge in [-0.05, 0) is 90.3 Å². The Morgan fingerprint density at radius 3 is 1.38 bits per heavy atom. The van der Waals surface area contributed by atoms with E-state index in [1.807, 2.05) is 0 Å². The summed E-state index contributed by atoms with van der Waals surface area (Å²) in [4.78, 5) is 0. The van der Waals surface area contributed by atoms with Crippen LogP contribution < -0.4 is 0 Å². The minimum atomic E-state index is 0.843. The van der Waals surface area contributed by atoms with Crippen molar-refractivity contribution in [3.63, 3.8) is 0 Å². The quantitative estimate of drug-likeness (QED) is 0.258. The smallest absolute Gasteiger partial charge is 0.0450 e. The first kappa shape index (κ1) is 12.8. The highest BCUT2D eigenvalue weighted by molar-refractivity contribution is 6.42. The van der Waals surface area contributed by atoms with E-state index in [0.29, 0.717) is 0 Å². The third kappa shape index (κ3) is 1.15. The second-order valence-corrected chi connectivity index (χ2v) is 8.49. The Morgan fingerprint density at radius 1 is 0.458 bits per heavy atom. The van der Waals surface area contributed by atoms with Gasteiger partial charge in [0.1, 0.15) is 0 Å². The summed E-state index contributed by atoms with van der Waals surface area (Å²) in [5.74, 6) is 0. The molecule has 0 saturated heterocycles. The number of hydrogen-bond donors (Lipinski definition) is 0. The van der Waals surface area contributed by atoms with Crippen LogP contribution in [0, 0.1) is 0 Å². The molecule has 3 heteroatoms. The molecule has 0 nitrogen and oxygen atoms in total. The summed E-state index contributed by atoms with van der Waals surface area (Å²) in [5, 5.41) is 10.9. The molecule has 24 heavy (non-hydrogen) atoms. The zero-order valence-corrected chi connectivity index (χ0v) is 14.8. The highest BCUT2D eigenvalue weighted by atomic mass is 35.5. The summed E-state index contributed by atoms with van der Waals surface area (Å²) in [7, 11) is 0. The fraction of sp³-hybridized carbons (Fsp3) is 0.143. The van der Waals surface area contributed by atoms with Crippen molar-refractivity contribution in [2.45, 2.75) is 19.3 Å². The third-order valence-electron chi connectivity index (χ3n) is 6.24. The topological polar surface area (TPSA) is 0 Å². The largest absolute Gasteiger partial charge is 0.0840 e. The van der Waals surface area contributed by atoms with Gasteiger partial charge >= 0.3 is 0 Å². The zero-order valence-electron chi connectivity index (χ0n) is 12.5. The highest BCUT2D eigenvalue weighted by Crippen LogP contribution is 2.56. The van der Waals surface area contributed by atoms with Gasteiger partial charge in [0, 0.05) is 27.9 Å². The molecule has 4 aromatic carbocycles. The van der Waals surface area contributed by atoms with Crippen LogP contribution in [0.1, 0.15) is 33.4 Å². The van der Waals surface area contributed by atoms with Crippen molar-refractivity contribution in [3.8, 4) is 0 Å². The van der Waals surface area contributed by atoms with Gasteiger partial charge in [0.05, 0.1) is 0 Å². The molecule has 7 rings (SSSR count). The lowest BCUT2D eigenvalue weighted by Gasteiger charge is -2.10. The maximum atomic E-state index is 6.67. The van der Waals surface area contributed by atoms with Crippen molar-refractivity contribution in [1.82, 2.24) is 0 Å². The molecule has 0 spiro atoms. The van der Waals surface area contributed by atoms with Crippen molar-refractivity contribution >= 4 is 67.1 Å². The molecule has 3 aliphatic rings. The van der Waals surface area contributed by atoms with Gasteiger partial charge in [-0.1, -0.05) is 34.8 Å². The van der Waals surface area contributed by atoms with Crippen molar-refractivity contribution in [3.05, 3.63) is 66.6 Å². The molecule has 0 saturated carbocycles. The van der Waals surface area contributed by atoms with Gasteiger partial charge in [0.25, 0.3) is 0 Å². The van der Waals surface area contributed by atoms with E-state index in [0.717, 1.165) is 34.3 Å². The lowest BCUT2D eigenvalue weighted by atomic mass is 9.94. The van der Waals surface area contributed by atoms with Gasteiger partial charge in [-0.25, -0.2) is 0 Å². The van der Waals surface area contributed by atoms with E-state index in [4.69, 9.17) is 34.8 Å². The zero-order chi connectivity index (χ0) is 15.9. The van der Waals surface area contributed by atoms with Gasteiger partial charge in [0.15, 0.2) is 0 Å². The third-order valence-corrected chi connectivity index (χ3v) is 7.25. The predicted octanol–water partition coefficient (Wildman–Crippen LogP) is 6.82. The molecule has 0 N–H and O–H groups in total. The number of benzene rings is 4. The van der Waals surface area contributed by atoms with E-state index in [1.165, 1.54) is 65.7 Å². The van der Waals surface area contributed by atoms with E-state index >= 15 is 0 Å². The summed E-state index contributed by atoms with van der Waals surface area (Å²) in [6, 6.07) is 6.49. The van der Waals surface area contributed by atoms with Crippen LogP contribution in [-0.4, -0.2) is 0 Å². The minimum Gasteiger partial charge on any atom is -0.0840 e. The van der Waals surface area contributed by atoms with Gasteiger partial charge in [0.2, 0.25) is 0 Å². The van der Waals surface area contributed by atoms with E-state index in [1.54, 1.807) is 0 Å². The molecule has 0 atom stereocenters. The second-order valence-electron chi connectivity index (χ2n) is 7.27. The Balaban J connectivity index is 1.98. The molecule has 0 bridgehead atoms. The monoisotopic (exact) mass is 366 g/mol. The number of halogens is 3. The van der Waals surface area contributed by atoms with Gasteiger partial charge in [-0.15, -0.1) is 0 Å². The molecule has 0 fully saturated rings. The summed E-state index contributed by atoms with van der Waals surface area (Å²) >= 11 is 20.0. The average molecular weight is 368 g/mol. The Labute approximate surface area is 152 Å². The van der Waals surface area contributed by atoms with Crippen molar-refractivity contribution < 1.29 is 0 Å². The maximum absolute atomic E-state index is 6.67. The first-order chi connectivity index (χ1) is 11.6. The van der Waals surface area contributed by atoms with Gasteiger partial charge < -0.3 is 0 Å². The summed E-state index contributed by atoms with van der Waals surface area (Å²) < 4.78 is 0. The first-order valence-electron chi connectivity index (χ1n) is 8.17. The molecule has 0 radical (unpaired) electrons. The van der Waals surface area contributed by atoms with Crippen LogP contribution in [0.15, 0.2) is 18.2 Å². The molecule has 0 aromatic heterocycles. The molecule has 0 unspecified atom stereocenters. The normalized spacial score (nSPS) is 15.6. The van der Waals surface area contributed by atoms with E-state index < -0.39 is 0 Å². The molecular weight excluding hydrogens is 359 g/mol. The summed E-state index contributed by atoms with van der Waals surface area (Å²) in [5.41, 5.74) is 7.77. The van der Waals surface area contributed by atoms with Crippen molar-refractivity contribution in [1.29, 1.82) is 0 Å². The highest BCUT2D eigenvalue weighted by Gasteiger charge is 2.34. The minimum absolute atomic E-state index is 0.843. The first-order valence-corrected chi connectivity index (χ1v) is 9.30. The Morgan fingerprint density at radius 2 is 0.833 bits per heavy atom. The van der Waals surface area contributed by atoms with Crippen LogP contribution in [0.5, 0.6) is 0 Å². The van der Waals surface area contributed by atoms with Crippen LogP contribution in [0.2, 0.25) is 15.1 Å². The fourth-order valence-electron chi connectivity index (χ4n) is 5.42. The molecule has 0 amide bonds. The summed E-state index contributed by atoms with van der Waals surface area (Å²) in [6.07, 6.45) is 2.66. The Hall–Kier alpha value is -1.47. The molecule has 0 aliphatic heterocycles. The van der Waals surface area contributed by atoms with E-state index in [2.05, 4.69) is 18.2 Å².